The first kappa shape index (κ1) is 25.4. The van der Waals surface area contributed by atoms with Crippen molar-refractivity contribution in [1.82, 2.24) is 9.73 Å². The Labute approximate surface area is 217 Å². The topological polar surface area (TPSA) is 88.1 Å². The lowest BCUT2D eigenvalue weighted by molar-refractivity contribution is -0.124. The number of nitrogens with zero attached hydrogens (tertiary/aromatic N) is 2. The highest BCUT2D eigenvalue weighted by molar-refractivity contribution is 9.10. The molecule has 0 radical (unpaired) electrons. The zero-order valence-electron chi connectivity index (χ0n) is 18.6. The monoisotopic (exact) mass is 575 g/mol. The van der Waals surface area contributed by atoms with E-state index in [0.29, 0.717) is 30.2 Å². The van der Waals surface area contributed by atoms with Gasteiger partial charge in [-0.3, -0.25) is 4.79 Å². The van der Waals surface area contributed by atoms with Gasteiger partial charge in [-0.05, 0) is 82.4 Å². The van der Waals surface area contributed by atoms with Gasteiger partial charge < -0.3 is 4.74 Å². The fourth-order valence-corrected chi connectivity index (χ4v) is 6.02. The van der Waals surface area contributed by atoms with Gasteiger partial charge in [0.25, 0.3) is 5.91 Å². The molecule has 0 aromatic heterocycles. The van der Waals surface area contributed by atoms with Gasteiger partial charge in [-0.2, -0.15) is 9.41 Å². The maximum Gasteiger partial charge on any atom is 0.258 e. The van der Waals surface area contributed by atoms with Crippen LogP contribution >= 0.6 is 27.5 Å². The lowest BCUT2D eigenvalue weighted by Gasteiger charge is -2.22. The van der Waals surface area contributed by atoms with Crippen LogP contribution in [-0.2, 0) is 21.4 Å². The number of amides is 1. The first-order valence-electron chi connectivity index (χ1n) is 10.9. The number of sulfonamides is 1. The molecule has 3 aromatic carbocycles. The lowest BCUT2D eigenvalue weighted by Crippen LogP contribution is -2.44. The first-order chi connectivity index (χ1) is 16.8. The number of hydrogen-bond acceptors (Lipinski definition) is 5. The Kier molecular flexibility index (Phi) is 8.22. The number of hydrazone groups is 1. The molecule has 0 aliphatic carbocycles. The fourth-order valence-electron chi connectivity index (χ4n) is 3.73. The number of hydrogen-bond donors (Lipinski definition) is 1. The minimum absolute atomic E-state index is 0.101. The zero-order chi connectivity index (χ0) is 24.8. The van der Waals surface area contributed by atoms with Gasteiger partial charge in [0.05, 0.1) is 15.6 Å². The van der Waals surface area contributed by atoms with E-state index >= 15 is 0 Å². The molecule has 0 spiro atoms. The highest BCUT2D eigenvalue weighted by atomic mass is 79.9. The molecule has 0 unspecified atom stereocenters. The second kappa shape index (κ2) is 11.3. The van der Waals surface area contributed by atoms with Gasteiger partial charge in [-0.15, -0.1) is 0 Å². The summed E-state index contributed by atoms with van der Waals surface area (Å²) in [6.07, 6.45) is 2.51. The SMILES string of the molecule is O=C(N/N=C\c1ccc(OCc2ccccc2)c(Br)c1)[C@@H]1CCCN1S(=O)(=O)c1ccc(Cl)cc1. The quantitative estimate of drug-likeness (QED) is 0.303. The maximum atomic E-state index is 13.0. The van der Waals surface area contributed by atoms with Crippen LogP contribution in [0.5, 0.6) is 5.75 Å². The second-order valence-electron chi connectivity index (χ2n) is 7.93. The highest BCUT2D eigenvalue weighted by Gasteiger charge is 2.39. The summed E-state index contributed by atoms with van der Waals surface area (Å²) in [5.74, 6) is 0.210. The molecule has 0 bridgehead atoms. The molecule has 1 fully saturated rings. The molecule has 1 saturated heterocycles. The molecule has 1 N–H and O–H groups in total. The minimum Gasteiger partial charge on any atom is -0.488 e. The van der Waals surface area contributed by atoms with Crippen LogP contribution in [0.1, 0.15) is 24.0 Å². The Bertz CT molecular complexity index is 1320. The third-order valence-electron chi connectivity index (χ3n) is 5.51. The summed E-state index contributed by atoms with van der Waals surface area (Å²) in [6.45, 7) is 0.712. The molecule has 7 nitrogen and oxygen atoms in total. The average Bonchev–Trinajstić information content (AvgIpc) is 3.36. The van der Waals surface area contributed by atoms with Crippen LogP contribution in [0.2, 0.25) is 5.02 Å². The molecule has 182 valence electrons. The Balaban J connectivity index is 1.36. The molecular weight excluding hydrogens is 554 g/mol. The van der Waals surface area contributed by atoms with Crippen LogP contribution < -0.4 is 10.2 Å². The summed E-state index contributed by atoms with van der Waals surface area (Å²) in [5.41, 5.74) is 4.27. The van der Waals surface area contributed by atoms with Gasteiger partial charge >= 0.3 is 0 Å². The Morgan fingerprint density at radius 3 is 2.60 bits per heavy atom. The normalized spacial score (nSPS) is 16.5. The fraction of sp³-hybridized carbons (Fsp3) is 0.200. The summed E-state index contributed by atoms with van der Waals surface area (Å²) >= 11 is 9.37. The van der Waals surface area contributed by atoms with Crippen molar-refractivity contribution in [2.45, 2.75) is 30.4 Å². The first-order valence-corrected chi connectivity index (χ1v) is 13.5. The lowest BCUT2D eigenvalue weighted by atomic mass is 10.2. The Morgan fingerprint density at radius 2 is 1.89 bits per heavy atom. The van der Waals surface area contributed by atoms with Crippen LogP contribution in [0.3, 0.4) is 0 Å². The number of benzene rings is 3. The molecule has 0 saturated carbocycles. The van der Waals surface area contributed by atoms with E-state index in [1.54, 1.807) is 0 Å². The van der Waals surface area contributed by atoms with Crippen molar-refractivity contribution in [2.75, 3.05) is 6.54 Å². The molecule has 1 amide bonds. The smallest absolute Gasteiger partial charge is 0.258 e. The van der Waals surface area contributed by atoms with Crippen molar-refractivity contribution >= 4 is 49.7 Å². The predicted octanol–water partition coefficient (Wildman–Crippen LogP) is 4.98. The Hall–Kier alpha value is -2.72. The summed E-state index contributed by atoms with van der Waals surface area (Å²) in [5, 5.41) is 4.47. The molecule has 4 rings (SSSR count). The van der Waals surface area contributed by atoms with Gasteiger partial charge in [-0.25, -0.2) is 13.8 Å². The third-order valence-corrected chi connectivity index (χ3v) is 8.30. The molecule has 35 heavy (non-hydrogen) atoms. The number of ether oxygens (including phenoxy) is 1. The zero-order valence-corrected chi connectivity index (χ0v) is 21.8. The standard InChI is InChI=1S/C25H23BrClN3O4S/c26-22-15-19(8-13-24(22)34-17-18-5-2-1-3-6-18)16-28-29-25(31)23-7-4-14-30(23)35(32,33)21-11-9-20(27)10-12-21/h1-3,5-6,8-13,15-16,23H,4,7,14,17H2,(H,29,31)/b28-16-/t23-/m0/s1. The number of halogens is 2. The molecule has 1 heterocycles. The van der Waals surface area contributed by atoms with Gasteiger partial charge in [0, 0.05) is 11.6 Å². The second-order valence-corrected chi connectivity index (χ2v) is 11.1. The largest absolute Gasteiger partial charge is 0.488 e. The average molecular weight is 577 g/mol. The van der Waals surface area contributed by atoms with E-state index in [-0.39, 0.29) is 11.4 Å². The van der Waals surface area contributed by atoms with Gasteiger partial charge in [0.1, 0.15) is 18.4 Å². The molecule has 3 aromatic rings. The maximum absolute atomic E-state index is 13.0. The molecular formula is C25H23BrClN3O4S. The van der Waals surface area contributed by atoms with Gasteiger partial charge in [0.15, 0.2) is 0 Å². The van der Waals surface area contributed by atoms with Crippen molar-refractivity contribution in [1.29, 1.82) is 0 Å². The molecule has 1 aliphatic rings. The van der Waals surface area contributed by atoms with Gasteiger partial charge in [-0.1, -0.05) is 41.9 Å². The highest BCUT2D eigenvalue weighted by Crippen LogP contribution is 2.28. The van der Waals surface area contributed by atoms with Crippen LogP contribution in [0.15, 0.2) is 87.3 Å². The van der Waals surface area contributed by atoms with Crippen LogP contribution in [-0.4, -0.2) is 37.4 Å². The number of nitrogens with one attached hydrogen (secondary N) is 1. The van der Waals surface area contributed by atoms with Crippen molar-refractivity contribution in [3.63, 3.8) is 0 Å². The summed E-state index contributed by atoms with van der Waals surface area (Å²) in [6, 6.07) is 20.4. The molecule has 1 aliphatic heterocycles. The van der Waals surface area contributed by atoms with Crippen LogP contribution in [0.4, 0.5) is 0 Å². The summed E-state index contributed by atoms with van der Waals surface area (Å²) < 4.78 is 33.8. The van der Waals surface area contributed by atoms with E-state index in [9.17, 15) is 13.2 Å². The van der Waals surface area contributed by atoms with E-state index in [1.807, 2.05) is 48.5 Å². The van der Waals surface area contributed by atoms with Crippen molar-refractivity contribution in [3.05, 3.63) is 93.4 Å². The number of rotatable bonds is 8. The molecule has 10 heteroatoms. The van der Waals surface area contributed by atoms with E-state index < -0.39 is 22.0 Å². The summed E-state index contributed by atoms with van der Waals surface area (Å²) in [7, 11) is -3.82. The van der Waals surface area contributed by atoms with E-state index in [2.05, 4.69) is 26.5 Å². The van der Waals surface area contributed by atoms with Crippen LogP contribution in [0, 0.1) is 0 Å². The van der Waals surface area contributed by atoms with E-state index in [4.69, 9.17) is 16.3 Å². The predicted molar refractivity (Wildman–Crippen MR) is 139 cm³/mol. The number of carbonyl (C=O) groups excluding carboxylic acids is 1. The van der Waals surface area contributed by atoms with Crippen molar-refractivity contribution in [3.8, 4) is 5.75 Å². The Morgan fingerprint density at radius 1 is 1.14 bits per heavy atom. The number of carbonyl (C=O) groups is 1. The van der Waals surface area contributed by atoms with E-state index in [1.165, 1.54) is 34.8 Å². The summed E-state index contributed by atoms with van der Waals surface area (Å²) in [4.78, 5) is 12.8. The molecule has 1 atom stereocenters. The van der Waals surface area contributed by atoms with E-state index in [0.717, 1.165) is 15.6 Å². The van der Waals surface area contributed by atoms with Gasteiger partial charge in [0.2, 0.25) is 10.0 Å². The minimum atomic E-state index is -3.82. The van der Waals surface area contributed by atoms with Crippen molar-refractivity contribution < 1.29 is 17.9 Å². The van der Waals surface area contributed by atoms with Crippen LogP contribution in [0.25, 0.3) is 0 Å². The van der Waals surface area contributed by atoms with Crippen molar-refractivity contribution in [2.24, 2.45) is 5.10 Å². The third kappa shape index (κ3) is 6.29.